The predicted molar refractivity (Wildman–Crippen MR) is 109 cm³/mol. The van der Waals surface area contributed by atoms with Crippen molar-refractivity contribution in [3.05, 3.63) is 86.1 Å². The molecule has 1 heterocycles. The lowest BCUT2D eigenvalue weighted by molar-refractivity contribution is -0.384. The van der Waals surface area contributed by atoms with Gasteiger partial charge in [0.2, 0.25) is 0 Å². The Morgan fingerprint density at radius 3 is 2.62 bits per heavy atom. The van der Waals surface area contributed by atoms with Crippen LogP contribution in [-0.4, -0.2) is 10.8 Å². The van der Waals surface area contributed by atoms with Gasteiger partial charge in [0.25, 0.3) is 11.6 Å². The molecule has 3 aromatic rings. The van der Waals surface area contributed by atoms with Crippen LogP contribution in [-0.2, 0) is 4.79 Å². The van der Waals surface area contributed by atoms with Gasteiger partial charge < -0.3 is 9.73 Å². The summed E-state index contributed by atoms with van der Waals surface area (Å²) in [6, 6.07) is 15.4. The molecule has 0 atom stereocenters. The SMILES string of the molecule is N#C/C(=C\c1ccc(-c2ccccc2[N+](=O)[O-])o1)C(=O)Nc1ccc(Cl)cc1Cl. The molecule has 144 valence electrons. The Kier molecular flexibility index (Phi) is 5.98. The normalized spacial score (nSPS) is 11.0. The molecule has 0 saturated carbocycles. The van der Waals surface area contributed by atoms with Crippen LogP contribution < -0.4 is 5.32 Å². The number of nitro benzene ring substituents is 1. The molecule has 0 spiro atoms. The number of carbonyl (C=O) groups excluding carboxylic acids is 1. The molecule has 0 aliphatic heterocycles. The van der Waals surface area contributed by atoms with Crippen LogP contribution in [0.5, 0.6) is 0 Å². The van der Waals surface area contributed by atoms with Crippen molar-refractivity contribution in [2.75, 3.05) is 5.32 Å². The molecular weight excluding hydrogens is 417 g/mol. The monoisotopic (exact) mass is 427 g/mol. The first-order chi connectivity index (χ1) is 13.9. The van der Waals surface area contributed by atoms with Crippen molar-refractivity contribution in [2.24, 2.45) is 0 Å². The van der Waals surface area contributed by atoms with E-state index in [1.54, 1.807) is 30.3 Å². The number of nitro groups is 1. The van der Waals surface area contributed by atoms with Crippen LogP contribution >= 0.6 is 23.2 Å². The highest BCUT2D eigenvalue weighted by atomic mass is 35.5. The summed E-state index contributed by atoms with van der Waals surface area (Å²) in [7, 11) is 0. The lowest BCUT2D eigenvalue weighted by Gasteiger charge is -2.06. The third-order valence-electron chi connectivity index (χ3n) is 3.82. The van der Waals surface area contributed by atoms with Crippen molar-refractivity contribution < 1.29 is 14.1 Å². The zero-order chi connectivity index (χ0) is 21.0. The number of hydrogen-bond donors (Lipinski definition) is 1. The number of nitrogens with one attached hydrogen (secondary N) is 1. The Morgan fingerprint density at radius 2 is 1.93 bits per heavy atom. The minimum atomic E-state index is -0.694. The highest BCUT2D eigenvalue weighted by Crippen LogP contribution is 2.31. The molecule has 0 aliphatic rings. The fourth-order valence-corrected chi connectivity index (χ4v) is 2.94. The number of halogens is 2. The number of anilines is 1. The highest BCUT2D eigenvalue weighted by molar-refractivity contribution is 6.36. The molecule has 0 radical (unpaired) electrons. The van der Waals surface area contributed by atoms with E-state index < -0.39 is 10.8 Å². The zero-order valence-electron chi connectivity index (χ0n) is 14.6. The molecule has 9 heteroatoms. The number of rotatable bonds is 5. The third-order valence-corrected chi connectivity index (χ3v) is 4.37. The maximum atomic E-state index is 12.4. The molecule has 0 unspecified atom stereocenters. The molecule has 3 rings (SSSR count). The number of para-hydroxylation sites is 1. The van der Waals surface area contributed by atoms with Crippen molar-refractivity contribution in [3.63, 3.8) is 0 Å². The van der Waals surface area contributed by atoms with Gasteiger partial charge in [-0.15, -0.1) is 0 Å². The summed E-state index contributed by atoms with van der Waals surface area (Å²) in [6.07, 6.45) is 1.23. The van der Waals surface area contributed by atoms with E-state index in [1.807, 2.05) is 0 Å². The van der Waals surface area contributed by atoms with Gasteiger partial charge in [-0.2, -0.15) is 5.26 Å². The highest BCUT2D eigenvalue weighted by Gasteiger charge is 2.18. The lowest BCUT2D eigenvalue weighted by atomic mass is 10.1. The molecule has 0 fully saturated rings. The Balaban J connectivity index is 1.86. The quantitative estimate of drug-likeness (QED) is 0.242. The first-order valence-electron chi connectivity index (χ1n) is 8.11. The Bertz CT molecular complexity index is 1180. The van der Waals surface area contributed by atoms with Crippen molar-refractivity contribution in [1.82, 2.24) is 0 Å². The Labute approximate surface area is 174 Å². The van der Waals surface area contributed by atoms with Gasteiger partial charge in [0.05, 0.1) is 21.2 Å². The fourth-order valence-electron chi connectivity index (χ4n) is 2.49. The number of hydrogen-bond acceptors (Lipinski definition) is 5. The van der Waals surface area contributed by atoms with Crippen LogP contribution in [0.3, 0.4) is 0 Å². The summed E-state index contributed by atoms with van der Waals surface area (Å²) in [4.78, 5) is 23.0. The van der Waals surface area contributed by atoms with Gasteiger partial charge in [-0.25, -0.2) is 0 Å². The van der Waals surface area contributed by atoms with E-state index in [0.717, 1.165) is 0 Å². The van der Waals surface area contributed by atoms with Crippen LogP contribution in [0, 0.1) is 21.4 Å². The molecule has 0 saturated heterocycles. The van der Waals surface area contributed by atoms with Crippen molar-refractivity contribution in [1.29, 1.82) is 5.26 Å². The van der Waals surface area contributed by atoms with Crippen molar-refractivity contribution >= 4 is 46.6 Å². The zero-order valence-corrected chi connectivity index (χ0v) is 16.1. The average molecular weight is 428 g/mol. The van der Waals surface area contributed by atoms with Crippen LogP contribution in [0.15, 0.2) is 64.6 Å². The second-order valence-electron chi connectivity index (χ2n) is 5.72. The number of furan rings is 1. The first-order valence-corrected chi connectivity index (χ1v) is 8.86. The molecule has 2 aromatic carbocycles. The van der Waals surface area contributed by atoms with Crippen LogP contribution in [0.2, 0.25) is 10.0 Å². The van der Waals surface area contributed by atoms with Crippen LogP contribution in [0.1, 0.15) is 5.76 Å². The second-order valence-corrected chi connectivity index (χ2v) is 6.57. The lowest BCUT2D eigenvalue weighted by Crippen LogP contribution is -2.13. The molecular formula is C20H11Cl2N3O4. The number of benzene rings is 2. The van der Waals surface area contributed by atoms with Crippen molar-refractivity contribution in [2.45, 2.75) is 0 Å². The van der Waals surface area contributed by atoms with Crippen molar-refractivity contribution in [3.8, 4) is 17.4 Å². The van der Waals surface area contributed by atoms with E-state index >= 15 is 0 Å². The van der Waals surface area contributed by atoms with Gasteiger partial charge in [0, 0.05) is 17.2 Å². The molecule has 1 amide bonds. The van der Waals surface area contributed by atoms with Gasteiger partial charge >= 0.3 is 0 Å². The number of carbonyl (C=O) groups is 1. The second kappa shape index (κ2) is 8.61. The largest absolute Gasteiger partial charge is 0.456 e. The van der Waals surface area contributed by atoms with Gasteiger partial charge in [-0.1, -0.05) is 35.3 Å². The molecule has 29 heavy (non-hydrogen) atoms. The number of amides is 1. The molecule has 0 bridgehead atoms. The predicted octanol–water partition coefficient (Wildman–Crippen LogP) is 5.71. The van der Waals surface area contributed by atoms with E-state index in [1.165, 1.54) is 36.4 Å². The van der Waals surface area contributed by atoms with E-state index in [4.69, 9.17) is 27.6 Å². The van der Waals surface area contributed by atoms with E-state index in [2.05, 4.69) is 5.32 Å². The topological polar surface area (TPSA) is 109 Å². The molecule has 1 aromatic heterocycles. The summed E-state index contributed by atoms with van der Waals surface area (Å²) in [5, 5.41) is 23.6. The first kappa shape index (κ1) is 20.1. The van der Waals surface area contributed by atoms with Gasteiger partial charge in [-0.3, -0.25) is 14.9 Å². The maximum absolute atomic E-state index is 12.4. The van der Waals surface area contributed by atoms with E-state index in [9.17, 15) is 20.2 Å². The maximum Gasteiger partial charge on any atom is 0.280 e. The molecule has 1 N–H and O–H groups in total. The number of nitrogens with zero attached hydrogens (tertiary/aromatic N) is 2. The fraction of sp³-hybridized carbons (Fsp3) is 0. The standard InChI is InChI=1S/C20H11Cl2N3O4/c21-13-5-7-17(16(22)10-13)24-20(26)12(11-23)9-14-6-8-19(29-14)15-3-1-2-4-18(15)25(27)28/h1-10H,(H,24,26)/b12-9+. The summed E-state index contributed by atoms with van der Waals surface area (Å²) < 4.78 is 5.58. The van der Waals surface area contributed by atoms with Gasteiger partial charge in [0.15, 0.2) is 0 Å². The van der Waals surface area contributed by atoms with Crippen LogP contribution in [0.25, 0.3) is 17.4 Å². The van der Waals surface area contributed by atoms with Gasteiger partial charge in [-0.05, 0) is 36.4 Å². The smallest absolute Gasteiger partial charge is 0.280 e. The summed E-state index contributed by atoms with van der Waals surface area (Å²) in [5.74, 6) is -0.269. The summed E-state index contributed by atoms with van der Waals surface area (Å²) in [6.45, 7) is 0. The van der Waals surface area contributed by atoms with Crippen LogP contribution in [0.4, 0.5) is 11.4 Å². The van der Waals surface area contributed by atoms with E-state index in [-0.39, 0.29) is 33.4 Å². The summed E-state index contributed by atoms with van der Waals surface area (Å²) >= 11 is 11.8. The minimum Gasteiger partial charge on any atom is -0.456 e. The third kappa shape index (κ3) is 4.63. The minimum absolute atomic E-state index is 0.118. The Morgan fingerprint density at radius 1 is 1.17 bits per heavy atom. The Hall–Kier alpha value is -3.60. The van der Waals surface area contributed by atoms with Gasteiger partial charge in [0.1, 0.15) is 23.2 Å². The molecule has 0 aliphatic carbocycles. The van der Waals surface area contributed by atoms with E-state index in [0.29, 0.717) is 10.7 Å². The number of nitriles is 1. The average Bonchev–Trinajstić information content (AvgIpc) is 3.16. The summed E-state index contributed by atoms with van der Waals surface area (Å²) in [5.41, 5.74) is 0.225. The molecule has 7 nitrogen and oxygen atoms in total.